The van der Waals surface area contributed by atoms with Crippen LogP contribution in [0.1, 0.15) is 41.5 Å². The Labute approximate surface area is 108 Å². The first-order valence-electron chi connectivity index (χ1n) is 5.83. The number of alkyl carbamates (subject to hydrolysis) is 1. The molecule has 0 aromatic heterocycles. The smallest absolute Gasteiger partial charge is 0.408 e. The molecule has 0 saturated carbocycles. The molecule has 1 atom stereocenters. The van der Waals surface area contributed by atoms with Crippen molar-refractivity contribution in [1.82, 2.24) is 5.32 Å². The van der Waals surface area contributed by atoms with E-state index in [0.717, 1.165) is 0 Å². The molecule has 100 valence electrons. The second-order valence-electron chi connectivity index (χ2n) is 5.12. The average molecular weight is 261 g/mol. The van der Waals surface area contributed by atoms with E-state index in [-0.39, 0.29) is 11.0 Å². The largest absolute Gasteiger partial charge is 0.444 e. The van der Waals surface area contributed by atoms with E-state index in [1.165, 1.54) is 11.8 Å². The van der Waals surface area contributed by atoms with Gasteiger partial charge in [-0.15, -0.1) is 0 Å². The molecule has 0 aromatic rings. The van der Waals surface area contributed by atoms with Gasteiger partial charge >= 0.3 is 6.09 Å². The molecule has 0 rings (SSSR count). The fraction of sp³-hybridized carbons (Fsp3) is 0.833. The van der Waals surface area contributed by atoms with Crippen LogP contribution < -0.4 is 5.32 Å². The van der Waals surface area contributed by atoms with E-state index in [9.17, 15) is 9.59 Å². The van der Waals surface area contributed by atoms with Gasteiger partial charge in [0.15, 0.2) is 0 Å². The predicted molar refractivity (Wildman–Crippen MR) is 71.1 cm³/mol. The zero-order valence-electron chi connectivity index (χ0n) is 11.5. The van der Waals surface area contributed by atoms with E-state index < -0.39 is 17.7 Å². The van der Waals surface area contributed by atoms with Gasteiger partial charge < -0.3 is 10.1 Å². The van der Waals surface area contributed by atoms with Gasteiger partial charge in [-0.2, -0.15) is 0 Å². The standard InChI is InChI=1S/C12H23NO3S/c1-7-17-10(14)9(8(2)3)13-11(15)16-12(4,5)6/h8-9H,7H2,1-6H3,(H,13,15)/t9-/m0/s1. The summed E-state index contributed by atoms with van der Waals surface area (Å²) in [4.78, 5) is 23.4. The van der Waals surface area contributed by atoms with Gasteiger partial charge in [-0.3, -0.25) is 4.79 Å². The Kier molecular flexibility index (Phi) is 6.60. The van der Waals surface area contributed by atoms with E-state index in [1.807, 2.05) is 20.8 Å². The number of amides is 1. The molecule has 0 aliphatic rings. The molecular formula is C12H23NO3S. The molecule has 0 unspecified atom stereocenters. The van der Waals surface area contributed by atoms with Crippen molar-refractivity contribution in [3.63, 3.8) is 0 Å². The Morgan fingerprint density at radius 3 is 2.18 bits per heavy atom. The van der Waals surface area contributed by atoms with Gasteiger partial charge in [0.25, 0.3) is 0 Å². The van der Waals surface area contributed by atoms with Gasteiger partial charge in [-0.05, 0) is 32.4 Å². The molecule has 0 fully saturated rings. The van der Waals surface area contributed by atoms with Gasteiger partial charge in [0.2, 0.25) is 5.12 Å². The number of nitrogens with one attached hydrogen (secondary N) is 1. The fourth-order valence-corrected chi connectivity index (χ4v) is 1.96. The number of carbonyl (C=O) groups excluding carboxylic acids is 2. The third kappa shape index (κ3) is 7.26. The lowest BCUT2D eigenvalue weighted by molar-refractivity contribution is -0.113. The Hall–Kier alpha value is -0.710. The lowest BCUT2D eigenvalue weighted by Gasteiger charge is -2.24. The lowest BCUT2D eigenvalue weighted by Crippen LogP contribution is -2.45. The van der Waals surface area contributed by atoms with E-state index in [2.05, 4.69) is 5.32 Å². The number of thioether (sulfide) groups is 1. The van der Waals surface area contributed by atoms with Crippen molar-refractivity contribution in [2.24, 2.45) is 5.92 Å². The molecule has 0 saturated heterocycles. The van der Waals surface area contributed by atoms with Crippen LogP contribution in [0.25, 0.3) is 0 Å². The maximum absolute atomic E-state index is 11.8. The van der Waals surface area contributed by atoms with Gasteiger partial charge in [0, 0.05) is 0 Å². The predicted octanol–water partition coefficient (Wildman–Crippen LogP) is 2.82. The first-order chi connectivity index (χ1) is 7.67. The number of rotatable bonds is 4. The quantitative estimate of drug-likeness (QED) is 0.845. The summed E-state index contributed by atoms with van der Waals surface area (Å²) >= 11 is 1.22. The molecule has 0 aliphatic heterocycles. The molecule has 0 radical (unpaired) electrons. The van der Waals surface area contributed by atoms with Crippen molar-refractivity contribution in [3.05, 3.63) is 0 Å². The highest BCUT2D eigenvalue weighted by atomic mass is 32.2. The van der Waals surface area contributed by atoms with Crippen molar-refractivity contribution in [2.75, 3.05) is 5.75 Å². The van der Waals surface area contributed by atoms with Crippen molar-refractivity contribution in [3.8, 4) is 0 Å². The van der Waals surface area contributed by atoms with Crippen LogP contribution in [0.5, 0.6) is 0 Å². The zero-order chi connectivity index (χ0) is 13.6. The first-order valence-corrected chi connectivity index (χ1v) is 6.82. The van der Waals surface area contributed by atoms with Gasteiger partial charge in [-0.1, -0.05) is 32.5 Å². The summed E-state index contributed by atoms with van der Waals surface area (Å²) < 4.78 is 5.14. The molecule has 0 aromatic carbocycles. The minimum Gasteiger partial charge on any atom is -0.444 e. The van der Waals surface area contributed by atoms with Crippen molar-refractivity contribution in [1.29, 1.82) is 0 Å². The molecule has 1 N–H and O–H groups in total. The summed E-state index contributed by atoms with van der Waals surface area (Å²) in [6.45, 7) is 11.1. The first kappa shape index (κ1) is 16.3. The maximum Gasteiger partial charge on any atom is 0.408 e. The molecule has 0 heterocycles. The summed E-state index contributed by atoms with van der Waals surface area (Å²) in [6.07, 6.45) is -0.541. The third-order valence-electron chi connectivity index (χ3n) is 1.88. The highest BCUT2D eigenvalue weighted by Gasteiger charge is 2.26. The lowest BCUT2D eigenvalue weighted by atomic mass is 10.1. The van der Waals surface area contributed by atoms with Crippen LogP contribution in [0.2, 0.25) is 0 Å². The molecule has 4 nitrogen and oxygen atoms in total. The highest BCUT2D eigenvalue weighted by molar-refractivity contribution is 8.13. The second kappa shape index (κ2) is 6.89. The zero-order valence-corrected chi connectivity index (χ0v) is 12.3. The maximum atomic E-state index is 11.8. The van der Waals surface area contributed by atoms with E-state index >= 15 is 0 Å². The molecule has 1 amide bonds. The summed E-state index contributed by atoms with van der Waals surface area (Å²) in [5.74, 6) is 0.756. The summed E-state index contributed by atoms with van der Waals surface area (Å²) in [5, 5.41) is 2.61. The van der Waals surface area contributed by atoms with E-state index in [0.29, 0.717) is 5.75 Å². The Bertz CT molecular complexity index is 271. The van der Waals surface area contributed by atoms with Crippen molar-refractivity contribution < 1.29 is 14.3 Å². The van der Waals surface area contributed by atoms with Gasteiger partial charge in [0.05, 0.1) is 0 Å². The molecule has 0 spiro atoms. The summed E-state index contributed by atoms with van der Waals surface area (Å²) in [6, 6.07) is -0.491. The van der Waals surface area contributed by atoms with E-state index in [1.54, 1.807) is 20.8 Å². The second-order valence-corrected chi connectivity index (χ2v) is 6.39. The van der Waals surface area contributed by atoms with Crippen LogP contribution in [0, 0.1) is 5.92 Å². The molecular weight excluding hydrogens is 238 g/mol. The SMILES string of the molecule is CCSC(=O)[C@@H](NC(=O)OC(C)(C)C)C(C)C. The van der Waals surface area contributed by atoms with Crippen LogP contribution in [0.15, 0.2) is 0 Å². The van der Waals surface area contributed by atoms with Crippen LogP contribution >= 0.6 is 11.8 Å². The minimum absolute atomic E-state index is 0.0200. The summed E-state index contributed by atoms with van der Waals surface area (Å²) in [7, 11) is 0. The minimum atomic E-state index is -0.549. The Morgan fingerprint density at radius 2 is 1.82 bits per heavy atom. The van der Waals surface area contributed by atoms with Crippen LogP contribution in [0.4, 0.5) is 4.79 Å². The summed E-state index contributed by atoms with van der Waals surface area (Å²) in [5.41, 5.74) is -0.549. The normalized spacial score (nSPS) is 13.4. The molecule has 17 heavy (non-hydrogen) atoms. The van der Waals surface area contributed by atoms with Crippen molar-refractivity contribution >= 4 is 23.0 Å². The van der Waals surface area contributed by atoms with Crippen molar-refractivity contribution in [2.45, 2.75) is 53.2 Å². The van der Waals surface area contributed by atoms with Crippen LogP contribution in [-0.4, -0.2) is 28.6 Å². The number of carbonyl (C=O) groups is 2. The molecule has 0 bridgehead atoms. The number of hydrogen-bond donors (Lipinski definition) is 1. The number of ether oxygens (including phenoxy) is 1. The molecule has 0 aliphatic carbocycles. The Morgan fingerprint density at radius 1 is 1.29 bits per heavy atom. The van der Waals surface area contributed by atoms with Crippen LogP contribution in [0.3, 0.4) is 0 Å². The fourth-order valence-electron chi connectivity index (χ4n) is 1.16. The third-order valence-corrected chi connectivity index (χ3v) is 2.71. The van der Waals surface area contributed by atoms with E-state index in [4.69, 9.17) is 4.74 Å². The average Bonchev–Trinajstić information content (AvgIpc) is 2.11. The Balaban J connectivity index is 4.46. The van der Waals surface area contributed by atoms with Crippen LogP contribution in [-0.2, 0) is 9.53 Å². The highest BCUT2D eigenvalue weighted by Crippen LogP contribution is 2.14. The van der Waals surface area contributed by atoms with Gasteiger partial charge in [0.1, 0.15) is 11.6 Å². The topological polar surface area (TPSA) is 55.4 Å². The molecule has 5 heteroatoms. The number of hydrogen-bond acceptors (Lipinski definition) is 4. The van der Waals surface area contributed by atoms with Gasteiger partial charge in [-0.25, -0.2) is 4.79 Å². The monoisotopic (exact) mass is 261 g/mol.